The summed E-state index contributed by atoms with van der Waals surface area (Å²) >= 11 is 0. The second kappa shape index (κ2) is 3.25. The number of halogens is 1. The summed E-state index contributed by atoms with van der Waals surface area (Å²) < 4.78 is 18.1. The Hall–Kier alpha value is -1.65. The van der Waals surface area contributed by atoms with Gasteiger partial charge < -0.3 is 9.84 Å². The van der Waals surface area contributed by atoms with Gasteiger partial charge in [0, 0.05) is 6.07 Å². The van der Waals surface area contributed by atoms with E-state index in [1.807, 2.05) is 0 Å². The Morgan fingerprint density at radius 2 is 2.36 bits per heavy atom. The molecule has 14 heavy (non-hydrogen) atoms. The maximum absolute atomic E-state index is 12.8. The highest BCUT2D eigenvalue weighted by molar-refractivity contribution is 5.87. The fraction of sp³-hybridized carbons (Fsp3) is 0.333. The van der Waals surface area contributed by atoms with Crippen LogP contribution in [0.5, 0.6) is 5.75 Å². The van der Waals surface area contributed by atoms with Gasteiger partial charge in [-0.3, -0.25) is 0 Å². The van der Waals surface area contributed by atoms with E-state index in [1.165, 1.54) is 6.20 Å². The van der Waals surface area contributed by atoms with Gasteiger partial charge in [0.05, 0.1) is 12.3 Å². The molecule has 0 amide bonds. The lowest BCUT2D eigenvalue weighted by atomic mass is 10.3. The van der Waals surface area contributed by atoms with E-state index >= 15 is 0 Å². The minimum Gasteiger partial charge on any atom is -0.489 e. The number of hydrogen-bond acceptors (Lipinski definition) is 3. The molecule has 0 saturated heterocycles. The molecule has 1 N–H and O–H groups in total. The number of carboxylic acids is 1. The molecule has 1 aliphatic rings. The highest BCUT2D eigenvalue weighted by atomic mass is 19.1. The van der Waals surface area contributed by atoms with Crippen molar-refractivity contribution in [2.75, 3.05) is 0 Å². The van der Waals surface area contributed by atoms with Gasteiger partial charge in [-0.1, -0.05) is 0 Å². The van der Waals surface area contributed by atoms with E-state index in [4.69, 9.17) is 9.84 Å². The van der Waals surface area contributed by atoms with E-state index in [2.05, 4.69) is 4.98 Å². The van der Waals surface area contributed by atoms with Crippen LogP contribution in [-0.2, 0) is 0 Å². The first-order valence-electron chi connectivity index (χ1n) is 4.22. The molecular formula is C9H8FNO3. The minimum atomic E-state index is -1.34. The van der Waals surface area contributed by atoms with E-state index in [9.17, 15) is 9.18 Å². The molecule has 1 aromatic heterocycles. The standard InChI is InChI=1S/C9H8FNO3/c10-8-7(9(12)13)3-6(4-11-8)14-5-1-2-5/h3-5H,1-2H2,(H,12,13). The van der Waals surface area contributed by atoms with E-state index in [1.54, 1.807) is 0 Å². The topological polar surface area (TPSA) is 59.4 Å². The molecule has 0 atom stereocenters. The Morgan fingerprint density at radius 3 is 2.93 bits per heavy atom. The van der Waals surface area contributed by atoms with Crippen LogP contribution in [0.1, 0.15) is 23.2 Å². The zero-order valence-corrected chi connectivity index (χ0v) is 7.24. The maximum atomic E-state index is 12.8. The quantitative estimate of drug-likeness (QED) is 0.745. The van der Waals surface area contributed by atoms with Gasteiger partial charge in [-0.15, -0.1) is 0 Å². The predicted molar refractivity (Wildman–Crippen MR) is 44.8 cm³/mol. The van der Waals surface area contributed by atoms with Crippen molar-refractivity contribution in [2.24, 2.45) is 0 Å². The molecule has 0 spiro atoms. The Bertz CT molecular complexity index is 376. The number of aromatic nitrogens is 1. The summed E-state index contributed by atoms with van der Waals surface area (Å²) in [4.78, 5) is 13.8. The molecule has 0 aliphatic heterocycles. The number of hydrogen-bond donors (Lipinski definition) is 1. The summed E-state index contributed by atoms with van der Waals surface area (Å²) in [6.07, 6.45) is 3.25. The highest BCUT2D eigenvalue weighted by Crippen LogP contribution is 2.26. The van der Waals surface area contributed by atoms with Crippen molar-refractivity contribution in [3.63, 3.8) is 0 Å². The molecule has 0 aromatic carbocycles. The Balaban J connectivity index is 2.24. The van der Waals surface area contributed by atoms with Crippen LogP contribution >= 0.6 is 0 Å². The van der Waals surface area contributed by atoms with Crippen molar-refractivity contribution in [1.82, 2.24) is 4.98 Å². The molecule has 0 radical (unpaired) electrons. The number of ether oxygens (including phenoxy) is 1. The van der Waals surface area contributed by atoms with Gasteiger partial charge >= 0.3 is 5.97 Å². The number of aromatic carboxylic acids is 1. The average molecular weight is 197 g/mol. The molecule has 1 aromatic rings. The van der Waals surface area contributed by atoms with Crippen LogP contribution < -0.4 is 4.74 Å². The third-order valence-corrected chi connectivity index (χ3v) is 1.87. The molecule has 1 aliphatic carbocycles. The highest BCUT2D eigenvalue weighted by Gasteiger charge is 2.24. The van der Waals surface area contributed by atoms with E-state index in [0.29, 0.717) is 5.75 Å². The molecule has 0 unspecified atom stereocenters. The monoisotopic (exact) mass is 197 g/mol. The predicted octanol–water partition coefficient (Wildman–Crippen LogP) is 1.46. The number of carbonyl (C=O) groups is 1. The van der Waals surface area contributed by atoms with Crippen LogP contribution in [-0.4, -0.2) is 22.2 Å². The molecule has 1 heterocycles. The van der Waals surface area contributed by atoms with E-state index in [-0.39, 0.29) is 6.10 Å². The van der Waals surface area contributed by atoms with Crippen LogP contribution in [0.25, 0.3) is 0 Å². The van der Waals surface area contributed by atoms with Crippen LogP contribution in [0, 0.1) is 5.95 Å². The molecule has 74 valence electrons. The second-order valence-corrected chi connectivity index (χ2v) is 3.13. The van der Waals surface area contributed by atoms with Gasteiger partial charge in [0.2, 0.25) is 5.95 Å². The Kier molecular flexibility index (Phi) is 2.07. The van der Waals surface area contributed by atoms with E-state index < -0.39 is 17.5 Å². The molecule has 1 saturated carbocycles. The SMILES string of the molecule is O=C(O)c1cc(OC2CC2)cnc1F. The lowest BCUT2D eigenvalue weighted by molar-refractivity contribution is 0.0690. The zero-order chi connectivity index (χ0) is 10.1. The summed E-state index contributed by atoms with van der Waals surface area (Å²) in [5.74, 6) is -2.01. The average Bonchev–Trinajstić information content (AvgIpc) is 2.92. The fourth-order valence-corrected chi connectivity index (χ4v) is 1.02. The lowest BCUT2D eigenvalue weighted by Crippen LogP contribution is -2.04. The summed E-state index contributed by atoms with van der Waals surface area (Å²) in [5.41, 5.74) is -0.455. The van der Waals surface area contributed by atoms with Crippen molar-refractivity contribution in [2.45, 2.75) is 18.9 Å². The number of nitrogens with zero attached hydrogens (tertiary/aromatic N) is 1. The van der Waals surface area contributed by atoms with Crippen LogP contribution in [0.15, 0.2) is 12.3 Å². The molecular weight excluding hydrogens is 189 g/mol. The third kappa shape index (κ3) is 1.81. The van der Waals surface area contributed by atoms with Crippen molar-refractivity contribution >= 4 is 5.97 Å². The zero-order valence-electron chi connectivity index (χ0n) is 7.24. The van der Waals surface area contributed by atoms with E-state index in [0.717, 1.165) is 18.9 Å². The number of rotatable bonds is 3. The van der Waals surface area contributed by atoms with Gasteiger partial charge in [0.1, 0.15) is 11.3 Å². The fourth-order valence-electron chi connectivity index (χ4n) is 1.02. The van der Waals surface area contributed by atoms with Gasteiger partial charge in [-0.2, -0.15) is 4.39 Å². The van der Waals surface area contributed by atoms with Gasteiger partial charge in [-0.05, 0) is 12.8 Å². The normalized spacial score (nSPS) is 15.2. The number of carboxylic acid groups (broad SMARTS) is 1. The first-order chi connectivity index (χ1) is 6.66. The van der Waals surface area contributed by atoms with Crippen LogP contribution in [0.4, 0.5) is 4.39 Å². The van der Waals surface area contributed by atoms with Crippen molar-refractivity contribution in [1.29, 1.82) is 0 Å². The summed E-state index contributed by atoms with van der Waals surface area (Å²) in [5, 5.41) is 8.60. The molecule has 5 heteroatoms. The molecule has 0 bridgehead atoms. The molecule has 2 rings (SSSR count). The largest absolute Gasteiger partial charge is 0.489 e. The summed E-state index contributed by atoms with van der Waals surface area (Å²) in [6, 6.07) is 1.16. The molecule has 4 nitrogen and oxygen atoms in total. The lowest BCUT2D eigenvalue weighted by Gasteiger charge is -2.04. The van der Waals surface area contributed by atoms with Crippen molar-refractivity contribution in [3.05, 3.63) is 23.8 Å². The maximum Gasteiger partial charge on any atom is 0.340 e. The van der Waals surface area contributed by atoms with Gasteiger partial charge in [0.15, 0.2) is 0 Å². The van der Waals surface area contributed by atoms with Crippen molar-refractivity contribution < 1.29 is 19.0 Å². The van der Waals surface area contributed by atoms with Crippen LogP contribution in [0.3, 0.4) is 0 Å². The number of pyridine rings is 1. The molecule has 1 fully saturated rings. The summed E-state index contributed by atoms with van der Waals surface area (Å²) in [7, 11) is 0. The van der Waals surface area contributed by atoms with Crippen LogP contribution in [0.2, 0.25) is 0 Å². The minimum absolute atomic E-state index is 0.143. The third-order valence-electron chi connectivity index (χ3n) is 1.87. The first kappa shape index (κ1) is 8.93. The first-order valence-corrected chi connectivity index (χ1v) is 4.22. The van der Waals surface area contributed by atoms with Gasteiger partial charge in [-0.25, -0.2) is 9.78 Å². The van der Waals surface area contributed by atoms with Gasteiger partial charge in [0.25, 0.3) is 0 Å². The Labute approximate surface area is 79.3 Å². The summed E-state index contributed by atoms with van der Waals surface area (Å²) in [6.45, 7) is 0. The second-order valence-electron chi connectivity index (χ2n) is 3.13. The van der Waals surface area contributed by atoms with Crippen molar-refractivity contribution in [3.8, 4) is 5.75 Å². The smallest absolute Gasteiger partial charge is 0.340 e. The Morgan fingerprint density at radius 1 is 1.64 bits per heavy atom.